The molecule has 0 rings (SSSR count). The van der Waals surface area contributed by atoms with E-state index in [2.05, 4.69) is 48.5 Å². The van der Waals surface area contributed by atoms with Crippen LogP contribution in [0.5, 0.6) is 0 Å². The van der Waals surface area contributed by atoms with Gasteiger partial charge in [0.25, 0.3) is 0 Å². The van der Waals surface area contributed by atoms with Gasteiger partial charge in [-0.05, 0) is 41.9 Å². The molecule has 0 aliphatic carbocycles. The van der Waals surface area contributed by atoms with Gasteiger partial charge in [0.05, 0.1) is 0 Å². The molecule has 0 aromatic heterocycles. The summed E-state index contributed by atoms with van der Waals surface area (Å²) in [6, 6.07) is 0. The van der Waals surface area contributed by atoms with Crippen molar-refractivity contribution in [3.05, 3.63) is 0 Å². The van der Waals surface area contributed by atoms with E-state index in [0.29, 0.717) is 17.8 Å². The number of carboxylic acids is 1. The number of hydrogen-bond donors (Lipinski definition) is 1. The predicted octanol–water partition coefficient (Wildman–Crippen LogP) is 5.37. The molecule has 1 N–H and O–H groups in total. The largest absolute Gasteiger partial charge is 0.481 e. The Bertz CT molecular complexity index is 279. The van der Waals surface area contributed by atoms with Crippen molar-refractivity contribution in [2.45, 2.75) is 80.6 Å². The minimum Gasteiger partial charge on any atom is -0.481 e. The van der Waals surface area contributed by atoms with Crippen LogP contribution in [0.4, 0.5) is 0 Å². The molecular formula is C17H34O2. The molecule has 114 valence electrons. The second kappa shape index (κ2) is 7.31. The van der Waals surface area contributed by atoms with Crippen LogP contribution in [0.25, 0.3) is 0 Å². The molecule has 0 spiro atoms. The lowest BCUT2D eigenvalue weighted by Gasteiger charge is -2.40. The van der Waals surface area contributed by atoms with Crippen molar-refractivity contribution in [1.82, 2.24) is 0 Å². The summed E-state index contributed by atoms with van der Waals surface area (Å²) in [5.41, 5.74) is 0.647. The highest BCUT2D eigenvalue weighted by molar-refractivity contribution is 5.66. The number of aliphatic carboxylic acids is 1. The zero-order valence-corrected chi connectivity index (χ0v) is 14.0. The van der Waals surface area contributed by atoms with E-state index < -0.39 is 5.97 Å². The summed E-state index contributed by atoms with van der Waals surface area (Å²) in [5.74, 6) is 0.142. The second-order valence-electron chi connectivity index (χ2n) is 7.92. The average Bonchev–Trinajstić information content (AvgIpc) is 2.13. The summed E-state index contributed by atoms with van der Waals surface area (Å²) < 4.78 is 0. The SMILES string of the molecule is CCCC(C)(C)CC(C)(C)C(C)CC(C)CC(=O)O. The molecule has 0 aliphatic heterocycles. The van der Waals surface area contributed by atoms with Crippen LogP contribution in [0.1, 0.15) is 80.6 Å². The molecule has 0 saturated heterocycles. The molecule has 19 heavy (non-hydrogen) atoms. The van der Waals surface area contributed by atoms with Crippen molar-refractivity contribution in [2.75, 3.05) is 0 Å². The van der Waals surface area contributed by atoms with E-state index in [1.165, 1.54) is 19.3 Å². The molecule has 2 unspecified atom stereocenters. The Morgan fingerprint density at radius 3 is 2.11 bits per heavy atom. The number of carboxylic acid groups (broad SMARTS) is 1. The van der Waals surface area contributed by atoms with Crippen LogP contribution >= 0.6 is 0 Å². The lowest BCUT2D eigenvalue weighted by molar-refractivity contribution is -0.138. The zero-order chi connectivity index (χ0) is 15.3. The summed E-state index contributed by atoms with van der Waals surface area (Å²) in [6.07, 6.45) is 4.98. The topological polar surface area (TPSA) is 37.3 Å². The van der Waals surface area contributed by atoms with E-state index in [1.54, 1.807) is 0 Å². The van der Waals surface area contributed by atoms with E-state index >= 15 is 0 Å². The molecule has 2 heteroatoms. The van der Waals surface area contributed by atoms with Gasteiger partial charge in [0.2, 0.25) is 0 Å². The molecule has 0 radical (unpaired) electrons. The van der Waals surface area contributed by atoms with Gasteiger partial charge in [-0.1, -0.05) is 54.9 Å². The van der Waals surface area contributed by atoms with E-state index in [4.69, 9.17) is 5.11 Å². The van der Waals surface area contributed by atoms with Gasteiger partial charge >= 0.3 is 5.97 Å². The first-order chi connectivity index (χ1) is 8.50. The van der Waals surface area contributed by atoms with E-state index in [1.807, 2.05) is 0 Å². The van der Waals surface area contributed by atoms with Gasteiger partial charge in [0.15, 0.2) is 0 Å². The Labute approximate surface area is 120 Å². The Morgan fingerprint density at radius 1 is 1.16 bits per heavy atom. The summed E-state index contributed by atoms with van der Waals surface area (Å²) in [4.78, 5) is 10.8. The van der Waals surface area contributed by atoms with Crippen molar-refractivity contribution >= 4 is 5.97 Å². The van der Waals surface area contributed by atoms with Gasteiger partial charge in [-0.25, -0.2) is 0 Å². The van der Waals surface area contributed by atoms with Crippen LogP contribution in [-0.2, 0) is 4.79 Å². The van der Waals surface area contributed by atoms with Crippen LogP contribution in [0.2, 0.25) is 0 Å². The van der Waals surface area contributed by atoms with Gasteiger partial charge in [0, 0.05) is 6.42 Å². The molecule has 0 aliphatic rings. The Morgan fingerprint density at radius 2 is 1.68 bits per heavy atom. The van der Waals surface area contributed by atoms with Crippen LogP contribution in [0.15, 0.2) is 0 Å². The number of hydrogen-bond acceptors (Lipinski definition) is 1. The van der Waals surface area contributed by atoms with E-state index in [0.717, 1.165) is 6.42 Å². The monoisotopic (exact) mass is 270 g/mol. The van der Waals surface area contributed by atoms with Gasteiger partial charge in [-0.3, -0.25) is 4.79 Å². The minimum atomic E-state index is -0.677. The lowest BCUT2D eigenvalue weighted by atomic mass is 9.65. The molecule has 0 heterocycles. The summed E-state index contributed by atoms with van der Waals surface area (Å²) in [7, 11) is 0. The molecule has 0 bridgehead atoms. The molecule has 0 aromatic carbocycles. The number of rotatable bonds is 9. The molecular weight excluding hydrogens is 236 g/mol. The first-order valence-electron chi connectivity index (χ1n) is 7.72. The molecule has 2 atom stereocenters. The highest BCUT2D eigenvalue weighted by atomic mass is 16.4. The first kappa shape index (κ1) is 18.5. The van der Waals surface area contributed by atoms with Crippen molar-refractivity contribution in [3.63, 3.8) is 0 Å². The first-order valence-corrected chi connectivity index (χ1v) is 7.72. The number of carbonyl (C=O) groups is 1. The normalized spacial score (nSPS) is 16.2. The van der Waals surface area contributed by atoms with Crippen LogP contribution in [0.3, 0.4) is 0 Å². The molecule has 2 nitrogen and oxygen atoms in total. The summed E-state index contributed by atoms with van der Waals surface area (Å²) >= 11 is 0. The van der Waals surface area contributed by atoms with Crippen LogP contribution in [0, 0.1) is 22.7 Å². The quantitative estimate of drug-likeness (QED) is 0.612. The van der Waals surface area contributed by atoms with Crippen LogP contribution < -0.4 is 0 Å². The predicted molar refractivity (Wildman–Crippen MR) is 82.3 cm³/mol. The molecule has 0 aromatic rings. The van der Waals surface area contributed by atoms with E-state index in [-0.39, 0.29) is 11.3 Å². The van der Waals surface area contributed by atoms with E-state index in [9.17, 15) is 4.79 Å². The van der Waals surface area contributed by atoms with Crippen molar-refractivity contribution in [3.8, 4) is 0 Å². The fourth-order valence-electron chi connectivity index (χ4n) is 3.48. The summed E-state index contributed by atoms with van der Waals surface area (Å²) in [6.45, 7) is 16.0. The maximum Gasteiger partial charge on any atom is 0.303 e. The van der Waals surface area contributed by atoms with Crippen molar-refractivity contribution in [2.24, 2.45) is 22.7 Å². The van der Waals surface area contributed by atoms with Gasteiger partial charge < -0.3 is 5.11 Å². The average molecular weight is 270 g/mol. The standard InChI is InChI=1S/C17H34O2/c1-8-9-16(4,5)12-17(6,7)14(3)10-13(2)11-15(18)19/h13-14H,8-12H2,1-7H3,(H,18,19). The summed E-state index contributed by atoms with van der Waals surface area (Å²) in [5, 5.41) is 8.86. The second-order valence-corrected chi connectivity index (χ2v) is 7.92. The van der Waals surface area contributed by atoms with Gasteiger partial charge in [-0.15, -0.1) is 0 Å². The third kappa shape index (κ3) is 7.59. The third-order valence-electron chi connectivity index (χ3n) is 4.47. The molecule has 0 amide bonds. The van der Waals surface area contributed by atoms with Crippen LogP contribution in [-0.4, -0.2) is 11.1 Å². The molecule has 0 saturated carbocycles. The Hall–Kier alpha value is -0.530. The maximum atomic E-state index is 10.8. The fourth-order valence-corrected chi connectivity index (χ4v) is 3.48. The Balaban J connectivity index is 4.50. The van der Waals surface area contributed by atoms with Crippen molar-refractivity contribution in [1.29, 1.82) is 0 Å². The zero-order valence-electron chi connectivity index (χ0n) is 14.0. The highest BCUT2D eigenvalue weighted by Gasteiger charge is 2.33. The third-order valence-corrected chi connectivity index (χ3v) is 4.47. The van der Waals surface area contributed by atoms with Gasteiger partial charge in [0.1, 0.15) is 0 Å². The maximum absolute atomic E-state index is 10.8. The Kier molecular flexibility index (Phi) is 7.10. The highest BCUT2D eigenvalue weighted by Crippen LogP contribution is 2.43. The fraction of sp³-hybridized carbons (Fsp3) is 0.941. The smallest absolute Gasteiger partial charge is 0.303 e. The van der Waals surface area contributed by atoms with Gasteiger partial charge in [-0.2, -0.15) is 0 Å². The molecule has 0 fully saturated rings. The van der Waals surface area contributed by atoms with Crippen molar-refractivity contribution < 1.29 is 9.90 Å². The lowest BCUT2D eigenvalue weighted by Crippen LogP contribution is -2.30. The minimum absolute atomic E-state index is 0.265.